The molecule has 8 heteroatoms. The fourth-order valence-corrected chi connectivity index (χ4v) is 5.21. The highest BCUT2D eigenvalue weighted by molar-refractivity contribution is 7.18. The van der Waals surface area contributed by atoms with Crippen LogP contribution in [0.1, 0.15) is 42.5 Å². The number of fused-ring (bicyclic) bond motifs is 4. The molecule has 1 N–H and O–H groups in total. The van der Waals surface area contributed by atoms with E-state index in [9.17, 15) is 9.59 Å². The van der Waals surface area contributed by atoms with E-state index < -0.39 is 0 Å². The van der Waals surface area contributed by atoms with E-state index in [1.54, 1.807) is 40.4 Å². The number of rotatable bonds is 5. The second-order valence-corrected chi connectivity index (χ2v) is 8.66. The van der Waals surface area contributed by atoms with Gasteiger partial charge in [0.1, 0.15) is 10.3 Å². The van der Waals surface area contributed by atoms with Gasteiger partial charge >= 0.3 is 0 Å². The Labute approximate surface area is 176 Å². The maximum atomic E-state index is 13.0. The van der Waals surface area contributed by atoms with E-state index in [1.165, 1.54) is 16.9 Å². The van der Waals surface area contributed by atoms with Gasteiger partial charge in [0, 0.05) is 30.0 Å². The summed E-state index contributed by atoms with van der Waals surface area (Å²) >= 11 is 1.64. The van der Waals surface area contributed by atoms with Crippen LogP contribution in [0, 0.1) is 0 Å². The van der Waals surface area contributed by atoms with E-state index in [1.807, 2.05) is 6.92 Å². The third-order valence-corrected chi connectivity index (χ3v) is 6.74. The lowest BCUT2D eigenvalue weighted by atomic mass is 9.97. The van der Waals surface area contributed by atoms with Crippen LogP contribution in [-0.2, 0) is 30.6 Å². The van der Waals surface area contributed by atoms with Crippen LogP contribution in [0.3, 0.4) is 0 Å². The zero-order chi connectivity index (χ0) is 20.7. The summed E-state index contributed by atoms with van der Waals surface area (Å²) in [5.74, 6) is 0.513. The average Bonchev–Trinajstić information content (AvgIpc) is 3.34. The molecule has 30 heavy (non-hydrogen) atoms. The van der Waals surface area contributed by atoms with Gasteiger partial charge in [-0.3, -0.25) is 14.2 Å². The minimum absolute atomic E-state index is 0.0386. The van der Waals surface area contributed by atoms with E-state index >= 15 is 0 Å². The van der Waals surface area contributed by atoms with Crippen molar-refractivity contribution in [3.8, 4) is 0 Å². The van der Waals surface area contributed by atoms with Gasteiger partial charge < -0.3 is 9.73 Å². The molecule has 4 aromatic rings. The Morgan fingerprint density at radius 1 is 1.30 bits per heavy atom. The normalized spacial score (nSPS) is 13.6. The van der Waals surface area contributed by atoms with E-state index in [0.717, 1.165) is 41.4 Å². The molecule has 1 amide bonds. The second-order valence-electron chi connectivity index (χ2n) is 7.58. The maximum Gasteiger partial charge on any atom is 0.262 e. The number of nitrogens with one attached hydrogen (secondary N) is 1. The number of aromatic nitrogens is 3. The summed E-state index contributed by atoms with van der Waals surface area (Å²) in [4.78, 5) is 36.4. The first kappa shape index (κ1) is 19.0. The molecule has 0 atom stereocenters. The Bertz CT molecular complexity index is 1320. The van der Waals surface area contributed by atoms with Crippen molar-refractivity contribution >= 4 is 44.2 Å². The van der Waals surface area contributed by atoms with Crippen molar-refractivity contribution in [2.75, 3.05) is 5.32 Å². The van der Waals surface area contributed by atoms with Gasteiger partial charge in [-0.05, 0) is 49.4 Å². The van der Waals surface area contributed by atoms with Crippen LogP contribution in [0.5, 0.6) is 0 Å². The van der Waals surface area contributed by atoms with Crippen molar-refractivity contribution in [2.45, 2.75) is 52.0 Å². The van der Waals surface area contributed by atoms with Crippen LogP contribution in [-0.4, -0.2) is 20.4 Å². The van der Waals surface area contributed by atoms with Crippen LogP contribution < -0.4 is 10.9 Å². The zero-order valence-corrected chi connectivity index (χ0v) is 17.6. The van der Waals surface area contributed by atoms with Crippen molar-refractivity contribution in [2.24, 2.45) is 0 Å². The zero-order valence-electron chi connectivity index (χ0n) is 16.7. The standard InChI is InChI=1S/C22H22N4O3S/c1-2-19-25-15-11-13(7-8-16(15)29-19)24-18(27)9-10-26-12-23-21-20(22(26)28)14-5-3-4-6-17(14)30-21/h7-8,11-12H,2-6,9-10H2,1H3,(H,24,27). The molecule has 0 fully saturated rings. The van der Waals surface area contributed by atoms with Crippen molar-refractivity contribution in [3.05, 3.63) is 51.2 Å². The quantitative estimate of drug-likeness (QED) is 0.524. The Hall–Kier alpha value is -3.00. The largest absolute Gasteiger partial charge is 0.441 e. The highest BCUT2D eigenvalue weighted by Crippen LogP contribution is 2.33. The van der Waals surface area contributed by atoms with E-state index in [0.29, 0.717) is 23.7 Å². The fraction of sp³-hybridized carbons (Fsp3) is 0.364. The topological polar surface area (TPSA) is 90.0 Å². The SMILES string of the molecule is CCc1nc2cc(NC(=O)CCn3cnc4sc5c(c4c3=O)CCCC5)ccc2o1. The summed E-state index contributed by atoms with van der Waals surface area (Å²) in [5, 5.41) is 3.63. The Morgan fingerprint density at radius 3 is 3.03 bits per heavy atom. The highest BCUT2D eigenvalue weighted by Gasteiger charge is 2.20. The van der Waals surface area contributed by atoms with Gasteiger partial charge in [-0.15, -0.1) is 11.3 Å². The molecule has 0 radical (unpaired) electrons. The monoisotopic (exact) mass is 422 g/mol. The molecule has 0 saturated heterocycles. The van der Waals surface area contributed by atoms with E-state index in [-0.39, 0.29) is 17.9 Å². The lowest BCUT2D eigenvalue weighted by molar-refractivity contribution is -0.116. The van der Waals surface area contributed by atoms with Crippen LogP contribution in [0.15, 0.2) is 33.7 Å². The Balaban J connectivity index is 1.31. The van der Waals surface area contributed by atoms with Crippen LogP contribution >= 0.6 is 11.3 Å². The molecule has 1 aliphatic rings. The van der Waals surface area contributed by atoms with Gasteiger partial charge in [-0.25, -0.2) is 9.97 Å². The molecule has 1 aliphatic carbocycles. The first-order chi connectivity index (χ1) is 14.6. The number of hydrogen-bond acceptors (Lipinski definition) is 6. The van der Waals surface area contributed by atoms with E-state index in [2.05, 4.69) is 15.3 Å². The molecule has 0 saturated carbocycles. The summed E-state index contributed by atoms with van der Waals surface area (Å²) in [6.45, 7) is 2.28. The molecule has 5 rings (SSSR count). The number of anilines is 1. The summed E-state index contributed by atoms with van der Waals surface area (Å²) < 4.78 is 7.15. The number of aryl methyl sites for hydroxylation is 4. The van der Waals surface area contributed by atoms with Gasteiger partial charge in [-0.2, -0.15) is 0 Å². The van der Waals surface area contributed by atoms with Gasteiger partial charge in [0.2, 0.25) is 5.91 Å². The van der Waals surface area contributed by atoms with Crippen molar-refractivity contribution in [1.82, 2.24) is 14.5 Å². The number of carbonyl (C=O) groups is 1. The predicted molar refractivity (Wildman–Crippen MR) is 117 cm³/mol. The van der Waals surface area contributed by atoms with E-state index in [4.69, 9.17) is 4.42 Å². The fourth-order valence-electron chi connectivity index (χ4n) is 3.99. The smallest absolute Gasteiger partial charge is 0.262 e. The first-order valence-electron chi connectivity index (χ1n) is 10.3. The molecule has 0 bridgehead atoms. The molecule has 0 unspecified atom stereocenters. The predicted octanol–water partition coefficient (Wildman–Crippen LogP) is 4.07. The Morgan fingerprint density at radius 2 is 2.17 bits per heavy atom. The van der Waals surface area contributed by atoms with Gasteiger partial charge in [0.25, 0.3) is 5.56 Å². The van der Waals surface area contributed by atoms with Gasteiger partial charge in [0.05, 0.1) is 11.7 Å². The summed E-state index contributed by atoms with van der Waals surface area (Å²) in [7, 11) is 0. The lowest BCUT2D eigenvalue weighted by Gasteiger charge is -2.10. The summed E-state index contributed by atoms with van der Waals surface area (Å²) in [6.07, 6.45) is 6.75. The number of carbonyl (C=O) groups excluding carboxylic acids is 1. The molecule has 3 aromatic heterocycles. The number of amides is 1. The molecular weight excluding hydrogens is 400 g/mol. The van der Waals surface area contributed by atoms with Crippen LogP contribution in [0.4, 0.5) is 5.69 Å². The maximum absolute atomic E-state index is 13.0. The Kier molecular flexibility index (Phi) is 4.86. The number of nitrogens with zero attached hydrogens (tertiary/aromatic N) is 3. The van der Waals surface area contributed by atoms with Gasteiger partial charge in [-0.1, -0.05) is 6.92 Å². The molecule has 0 spiro atoms. The number of oxazole rings is 1. The highest BCUT2D eigenvalue weighted by atomic mass is 32.1. The summed E-state index contributed by atoms with van der Waals surface area (Å²) in [5.41, 5.74) is 3.22. The number of hydrogen-bond donors (Lipinski definition) is 1. The molecular formula is C22H22N4O3S. The number of thiophene rings is 1. The molecule has 154 valence electrons. The van der Waals surface area contributed by atoms with Crippen LogP contribution in [0.2, 0.25) is 0 Å². The van der Waals surface area contributed by atoms with Crippen LogP contribution in [0.25, 0.3) is 21.3 Å². The number of benzene rings is 1. The minimum Gasteiger partial charge on any atom is -0.441 e. The third-order valence-electron chi connectivity index (χ3n) is 5.54. The second kappa shape index (κ2) is 7.68. The first-order valence-corrected chi connectivity index (χ1v) is 11.1. The molecule has 0 aliphatic heterocycles. The van der Waals surface area contributed by atoms with Crippen molar-refractivity contribution in [3.63, 3.8) is 0 Å². The molecule has 7 nitrogen and oxygen atoms in total. The molecule has 1 aromatic carbocycles. The third kappa shape index (κ3) is 3.41. The van der Waals surface area contributed by atoms with Gasteiger partial charge in [0.15, 0.2) is 11.5 Å². The average molecular weight is 423 g/mol. The van der Waals surface area contributed by atoms with Crippen molar-refractivity contribution < 1.29 is 9.21 Å². The minimum atomic E-state index is -0.159. The molecule has 3 heterocycles. The summed E-state index contributed by atoms with van der Waals surface area (Å²) in [6, 6.07) is 5.40. The lowest BCUT2D eigenvalue weighted by Crippen LogP contribution is -2.24. The van der Waals surface area contributed by atoms with Crippen molar-refractivity contribution in [1.29, 1.82) is 0 Å².